The first kappa shape index (κ1) is 22.1. The van der Waals surface area contributed by atoms with Gasteiger partial charge in [-0.3, -0.25) is 0 Å². The quantitative estimate of drug-likeness (QED) is 0.594. The van der Waals surface area contributed by atoms with Crippen LogP contribution in [0.2, 0.25) is 5.02 Å². The van der Waals surface area contributed by atoms with Gasteiger partial charge in [-0.2, -0.15) is 9.97 Å². The summed E-state index contributed by atoms with van der Waals surface area (Å²) in [6.45, 7) is 2.76. The average molecular weight is 460 g/mol. The maximum absolute atomic E-state index is 6.27. The minimum absolute atomic E-state index is 0.0465. The van der Waals surface area contributed by atoms with E-state index in [1.54, 1.807) is 7.11 Å². The molecule has 1 aliphatic heterocycles. The van der Waals surface area contributed by atoms with E-state index >= 15 is 0 Å². The van der Waals surface area contributed by atoms with E-state index in [1.807, 2.05) is 18.2 Å². The summed E-state index contributed by atoms with van der Waals surface area (Å²) in [5.41, 5.74) is 1.32. The maximum Gasteiger partial charge on any atom is 0.234 e. The van der Waals surface area contributed by atoms with Crippen LogP contribution < -0.4 is 20.3 Å². The molecule has 0 bridgehead atoms. The Labute approximate surface area is 194 Å². The lowest BCUT2D eigenvalue weighted by molar-refractivity contribution is 0.397. The van der Waals surface area contributed by atoms with Gasteiger partial charge in [0, 0.05) is 36.1 Å². The number of nitrogens with one attached hydrogen (secondary N) is 2. The number of hydrogen-bond donors (Lipinski definition) is 2. The topological polar surface area (TPSA) is 62.3 Å². The Morgan fingerprint density at radius 1 is 1.13 bits per heavy atom. The molecule has 2 aliphatic rings. The van der Waals surface area contributed by atoms with Crippen molar-refractivity contribution in [3.05, 3.63) is 40.9 Å². The predicted molar refractivity (Wildman–Crippen MR) is 130 cm³/mol. The zero-order chi connectivity index (χ0) is 21.7. The molecule has 1 aromatic carbocycles. The summed E-state index contributed by atoms with van der Waals surface area (Å²) in [6, 6.07) is 10.1. The van der Waals surface area contributed by atoms with Crippen LogP contribution in [0.3, 0.4) is 0 Å². The molecule has 1 saturated heterocycles. The van der Waals surface area contributed by atoms with Gasteiger partial charge in [0.05, 0.1) is 7.11 Å². The van der Waals surface area contributed by atoms with Crippen LogP contribution in [0.25, 0.3) is 0 Å². The second-order valence-electron chi connectivity index (χ2n) is 8.45. The third kappa shape index (κ3) is 5.39. The molecule has 31 heavy (non-hydrogen) atoms. The van der Waals surface area contributed by atoms with E-state index in [1.165, 1.54) is 37.7 Å². The van der Waals surface area contributed by atoms with Crippen LogP contribution in [-0.2, 0) is 5.41 Å². The molecule has 1 saturated carbocycles. The Morgan fingerprint density at radius 2 is 1.90 bits per heavy atom. The number of piperidine rings is 1. The molecule has 0 amide bonds. The lowest BCUT2D eigenvalue weighted by atomic mass is 9.79. The first-order chi connectivity index (χ1) is 15.1. The number of hydrogen-bond acceptors (Lipinski definition) is 5. The summed E-state index contributed by atoms with van der Waals surface area (Å²) >= 11 is 11.9. The molecule has 1 aliphatic carbocycles. The van der Waals surface area contributed by atoms with E-state index in [-0.39, 0.29) is 5.41 Å². The Balaban J connectivity index is 1.44. The molecule has 1 aromatic heterocycles. The fraction of sp³-hybridized carbons (Fsp3) is 0.522. The highest BCUT2D eigenvalue weighted by Crippen LogP contribution is 2.41. The number of nitrogens with zero attached hydrogens (tertiary/aromatic N) is 3. The van der Waals surface area contributed by atoms with Gasteiger partial charge in [-0.15, -0.1) is 0 Å². The molecule has 4 rings (SSSR count). The number of rotatable bonds is 6. The first-order valence-electron chi connectivity index (χ1n) is 11.1. The van der Waals surface area contributed by atoms with Gasteiger partial charge in [0.2, 0.25) is 11.8 Å². The Kier molecular flexibility index (Phi) is 7.13. The number of benzene rings is 1. The summed E-state index contributed by atoms with van der Waals surface area (Å²) in [5, 5.41) is 7.87. The molecule has 2 N–H and O–H groups in total. The monoisotopic (exact) mass is 459 g/mol. The van der Waals surface area contributed by atoms with E-state index < -0.39 is 0 Å². The number of methoxy groups -OCH3 is 1. The number of anilines is 2. The van der Waals surface area contributed by atoms with E-state index in [9.17, 15) is 0 Å². The van der Waals surface area contributed by atoms with Crippen LogP contribution in [0.1, 0.15) is 50.5 Å². The van der Waals surface area contributed by atoms with Gasteiger partial charge in [0.25, 0.3) is 0 Å². The van der Waals surface area contributed by atoms with Crippen LogP contribution in [0.15, 0.2) is 30.3 Å². The van der Waals surface area contributed by atoms with E-state index in [4.69, 9.17) is 33.5 Å². The highest BCUT2D eigenvalue weighted by molar-refractivity contribution is 7.80. The van der Waals surface area contributed by atoms with Crippen molar-refractivity contribution < 1.29 is 4.74 Å². The fourth-order valence-corrected chi connectivity index (χ4v) is 5.04. The SMILES string of the molecule is COc1cc(N2CCCCC2)nc(NC(=S)NCC2(c3cccc(Cl)c3)CCCC2)n1. The normalized spacial score (nSPS) is 17.9. The number of thiocarbonyl (C=S) groups is 1. The smallest absolute Gasteiger partial charge is 0.234 e. The minimum Gasteiger partial charge on any atom is -0.481 e. The zero-order valence-corrected chi connectivity index (χ0v) is 19.6. The largest absolute Gasteiger partial charge is 0.481 e. The second kappa shape index (κ2) is 10.0. The molecule has 0 atom stereocenters. The van der Waals surface area contributed by atoms with Gasteiger partial charge in [0.1, 0.15) is 5.82 Å². The van der Waals surface area contributed by atoms with Gasteiger partial charge in [-0.1, -0.05) is 36.6 Å². The van der Waals surface area contributed by atoms with Crippen molar-refractivity contribution in [1.29, 1.82) is 0 Å². The number of halogens is 1. The van der Waals surface area contributed by atoms with Crippen LogP contribution in [0.4, 0.5) is 11.8 Å². The third-order valence-electron chi connectivity index (χ3n) is 6.39. The van der Waals surface area contributed by atoms with Crippen molar-refractivity contribution in [2.45, 2.75) is 50.4 Å². The van der Waals surface area contributed by atoms with E-state index in [0.717, 1.165) is 43.3 Å². The van der Waals surface area contributed by atoms with Gasteiger partial charge in [0.15, 0.2) is 5.11 Å². The zero-order valence-electron chi connectivity index (χ0n) is 18.0. The second-order valence-corrected chi connectivity index (χ2v) is 9.29. The molecule has 0 unspecified atom stereocenters. The van der Waals surface area contributed by atoms with Crippen LogP contribution in [0.5, 0.6) is 5.88 Å². The lowest BCUT2D eigenvalue weighted by Gasteiger charge is -2.31. The van der Waals surface area contributed by atoms with Gasteiger partial charge in [-0.25, -0.2) is 0 Å². The molecule has 6 nitrogen and oxygen atoms in total. The fourth-order valence-electron chi connectivity index (χ4n) is 4.69. The molecule has 8 heteroatoms. The summed E-state index contributed by atoms with van der Waals surface area (Å²) in [6.07, 6.45) is 8.31. The van der Waals surface area contributed by atoms with E-state index in [0.29, 0.717) is 16.9 Å². The number of aromatic nitrogens is 2. The maximum atomic E-state index is 6.27. The van der Waals surface area contributed by atoms with Crippen molar-refractivity contribution in [2.75, 3.05) is 37.0 Å². The molecule has 0 radical (unpaired) electrons. The highest BCUT2D eigenvalue weighted by Gasteiger charge is 2.35. The minimum atomic E-state index is 0.0465. The van der Waals surface area contributed by atoms with Crippen LogP contribution in [0, 0.1) is 0 Å². The van der Waals surface area contributed by atoms with Crippen molar-refractivity contribution in [2.24, 2.45) is 0 Å². The summed E-state index contributed by atoms with van der Waals surface area (Å²) in [7, 11) is 1.62. The van der Waals surface area contributed by atoms with Crippen molar-refractivity contribution in [3.8, 4) is 5.88 Å². The Morgan fingerprint density at radius 3 is 2.61 bits per heavy atom. The molecule has 2 heterocycles. The van der Waals surface area contributed by atoms with E-state index in [2.05, 4.69) is 32.7 Å². The molecule has 2 aromatic rings. The molecule has 2 fully saturated rings. The highest BCUT2D eigenvalue weighted by atomic mass is 35.5. The number of ether oxygens (including phenoxy) is 1. The summed E-state index contributed by atoms with van der Waals surface area (Å²) < 4.78 is 5.40. The molecule has 166 valence electrons. The molecular formula is C23H30ClN5OS. The van der Waals surface area contributed by atoms with Crippen molar-refractivity contribution in [3.63, 3.8) is 0 Å². The van der Waals surface area contributed by atoms with Gasteiger partial charge < -0.3 is 20.3 Å². The average Bonchev–Trinajstić information content (AvgIpc) is 3.28. The van der Waals surface area contributed by atoms with Gasteiger partial charge >= 0.3 is 0 Å². The molecule has 0 spiro atoms. The summed E-state index contributed by atoms with van der Waals surface area (Å²) in [4.78, 5) is 11.4. The summed E-state index contributed by atoms with van der Waals surface area (Å²) in [5.74, 6) is 1.87. The van der Waals surface area contributed by atoms with Crippen LogP contribution >= 0.6 is 23.8 Å². The Bertz CT molecular complexity index is 913. The van der Waals surface area contributed by atoms with Crippen molar-refractivity contribution >= 4 is 40.7 Å². The van der Waals surface area contributed by atoms with Gasteiger partial charge in [-0.05, 0) is 62.0 Å². The third-order valence-corrected chi connectivity index (χ3v) is 6.87. The lowest BCUT2D eigenvalue weighted by Crippen LogP contribution is -2.41. The first-order valence-corrected chi connectivity index (χ1v) is 11.9. The van der Waals surface area contributed by atoms with Crippen molar-refractivity contribution in [1.82, 2.24) is 15.3 Å². The predicted octanol–water partition coefficient (Wildman–Crippen LogP) is 4.93. The Hall–Kier alpha value is -2.12. The van der Waals surface area contributed by atoms with Crippen LogP contribution in [-0.4, -0.2) is 41.8 Å². The standard InChI is InChI=1S/C23H30ClN5OS/c1-30-20-15-19(29-12-5-2-6-13-29)26-21(27-20)28-22(31)25-16-23(10-3-4-11-23)17-8-7-9-18(24)14-17/h7-9,14-15H,2-6,10-13,16H2,1H3,(H2,25,26,27,28,31). The molecular weight excluding hydrogens is 430 g/mol.